The number of carbonyl (C=O) groups excluding carboxylic acids is 1. The van der Waals surface area contributed by atoms with Gasteiger partial charge in [-0.25, -0.2) is 4.79 Å². The molecule has 0 heterocycles. The molecule has 12 heavy (non-hydrogen) atoms. The van der Waals surface area contributed by atoms with Crippen LogP contribution in [0.1, 0.15) is 32.6 Å². The molecular formula is C9H16O3. The molecule has 1 rings (SSSR count). The number of rotatable bonds is 3. The van der Waals surface area contributed by atoms with Crippen LogP contribution < -0.4 is 0 Å². The maximum atomic E-state index is 11.0. The van der Waals surface area contributed by atoms with E-state index in [1.807, 2.05) is 0 Å². The van der Waals surface area contributed by atoms with Crippen molar-refractivity contribution in [2.24, 2.45) is 0 Å². The van der Waals surface area contributed by atoms with Crippen molar-refractivity contribution in [1.82, 2.24) is 0 Å². The second-order valence-corrected chi connectivity index (χ2v) is 3.21. The van der Waals surface area contributed by atoms with Gasteiger partial charge in [0.15, 0.2) is 6.10 Å². The fourth-order valence-electron chi connectivity index (χ4n) is 1.53. The topological polar surface area (TPSA) is 35.5 Å². The summed E-state index contributed by atoms with van der Waals surface area (Å²) >= 11 is 0. The highest BCUT2D eigenvalue weighted by molar-refractivity contribution is 5.73. The Morgan fingerprint density at radius 1 is 1.42 bits per heavy atom. The zero-order valence-electron chi connectivity index (χ0n) is 7.71. The van der Waals surface area contributed by atoms with Crippen LogP contribution in [0.3, 0.4) is 0 Å². The van der Waals surface area contributed by atoms with Gasteiger partial charge in [0.05, 0.1) is 13.2 Å². The molecule has 3 nitrogen and oxygen atoms in total. The van der Waals surface area contributed by atoms with Gasteiger partial charge in [0.1, 0.15) is 0 Å². The second kappa shape index (κ2) is 4.45. The number of esters is 1. The molecule has 1 aliphatic rings. The Balaban J connectivity index is 2.24. The van der Waals surface area contributed by atoms with Gasteiger partial charge in [-0.3, -0.25) is 0 Å². The SMILES string of the molecule is COC(=O)C(C)OC1CCCC1. The molecule has 0 bridgehead atoms. The molecule has 1 saturated carbocycles. The van der Waals surface area contributed by atoms with E-state index in [2.05, 4.69) is 4.74 Å². The van der Waals surface area contributed by atoms with Crippen LogP contribution in [-0.2, 0) is 14.3 Å². The first kappa shape index (κ1) is 9.52. The Morgan fingerprint density at radius 3 is 2.50 bits per heavy atom. The van der Waals surface area contributed by atoms with Crippen LogP contribution >= 0.6 is 0 Å². The van der Waals surface area contributed by atoms with Crippen molar-refractivity contribution >= 4 is 5.97 Å². The summed E-state index contributed by atoms with van der Waals surface area (Å²) in [5.41, 5.74) is 0. The van der Waals surface area contributed by atoms with Crippen LogP contribution in [0, 0.1) is 0 Å². The summed E-state index contributed by atoms with van der Waals surface area (Å²) in [6.07, 6.45) is 4.48. The monoisotopic (exact) mass is 172 g/mol. The molecule has 0 spiro atoms. The van der Waals surface area contributed by atoms with E-state index in [0.717, 1.165) is 12.8 Å². The Kier molecular flexibility index (Phi) is 3.53. The summed E-state index contributed by atoms with van der Waals surface area (Å²) in [7, 11) is 1.39. The van der Waals surface area contributed by atoms with Crippen molar-refractivity contribution in [1.29, 1.82) is 0 Å². The maximum absolute atomic E-state index is 11.0. The van der Waals surface area contributed by atoms with Crippen molar-refractivity contribution in [3.05, 3.63) is 0 Å². The van der Waals surface area contributed by atoms with E-state index in [-0.39, 0.29) is 12.1 Å². The van der Waals surface area contributed by atoms with Gasteiger partial charge in [-0.1, -0.05) is 12.8 Å². The summed E-state index contributed by atoms with van der Waals surface area (Å²) in [6.45, 7) is 1.74. The summed E-state index contributed by atoms with van der Waals surface area (Å²) in [5.74, 6) is -0.276. The van der Waals surface area contributed by atoms with Crippen molar-refractivity contribution < 1.29 is 14.3 Å². The van der Waals surface area contributed by atoms with Crippen LogP contribution in [0.4, 0.5) is 0 Å². The average molecular weight is 172 g/mol. The molecule has 0 saturated heterocycles. The Labute approximate surface area is 73.0 Å². The number of ether oxygens (including phenoxy) is 2. The lowest BCUT2D eigenvalue weighted by molar-refractivity contribution is -0.156. The highest BCUT2D eigenvalue weighted by Crippen LogP contribution is 2.22. The van der Waals surface area contributed by atoms with Crippen molar-refractivity contribution in [2.75, 3.05) is 7.11 Å². The average Bonchev–Trinajstić information content (AvgIpc) is 2.55. The minimum atomic E-state index is -0.405. The number of methoxy groups -OCH3 is 1. The van der Waals surface area contributed by atoms with Gasteiger partial charge < -0.3 is 9.47 Å². The van der Waals surface area contributed by atoms with E-state index >= 15 is 0 Å². The summed E-state index contributed by atoms with van der Waals surface area (Å²) in [6, 6.07) is 0. The summed E-state index contributed by atoms with van der Waals surface area (Å²) in [4.78, 5) is 11.0. The molecular weight excluding hydrogens is 156 g/mol. The van der Waals surface area contributed by atoms with Gasteiger partial charge in [0, 0.05) is 0 Å². The molecule has 0 radical (unpaired) electrons. The van der Waals surface area contributed by atoms with Crippen molar-refractivity contribution in [3.8, 4) is 0 Å². The molecule has 0 aromatic rings. The van der Waals surface area contributed by atoms with E-state index < -0.39 is 6.10 Å². The lowest BCUT2D eigenvalue weighted by Gasteiger charge is -2.15. The predicted octanol–water partition coefficient (Wildman–Crippen LogP) is 1.51. The van der Waals surface area contributed by atoms with Gasteiger partial charge in [0.25, 0.3) is 0 Å². The summed E-state index contributed by atoms with van der Waals surface area (Å²) < 4.78 is 10.0. The third kappa shape index (κ3) is 2.48. The minimum Gasteiger partial charge on any atom is -0.467 e. The molecule has 70 valence electrons. The largest absolute Gasteiger partial charge is 0.467 e. The first-order chi connectivity index (χ1) is 5.74. The molecule has 3 heteroatoms. The van der Waals surface area contributed by atoms with Gasteiger partial charge in [0.2, 0.25) is 0 Å². The van der Waals surface area contributed by atoms with Gasteiger partial charge in [-0.05, 0) is 19.8 Å². The number of hydrogen-bond acceptors (Lipinski definition) is 3. The predicted molar refractivity (Wildman–Crippen MR) is 44.8 cm³/mol. The maximum Gasteiger partial charge on any atom is 0.334 e. The highest BCUT2D eigenvalue weighted by Gasteiger charge is 2.22. The normalized spacial score (nSPS) is 20.8. The van der Waals surface area contributed by atoms with Crippen LogP contribution in [-0.4, -0.2) is 25.3 Å². The molecule has 1 unspecified atom stereocenters. The second-order valence-electron chi connectivity index (χ2n) is 3.21. The summed E-state index contributed by atoms with van der Waals surface area (Å²) in [5, 5.41) is 0. The zero-order valence-corrected chi connectivity index (χ0v) is 7.71. The number of hydrogen-bond donors (Lipinski definition) is 0. The van der Waals surface area contributed by atoms with E-state index in [0.29, 0.717) is 0 Å². The quantitative estimate of drug-likeness (QED) is 0.605. The van der Waals surface area contributed by atoms with Gasteiger partial charge >= 0.3 is 5.97 Å². The Bertz CT molecular complexity index is 150. The van der Waals surface area contributed by atoms with E-state index in [1.54, 1.807) is 6.92 Å². The molecule has 0 aromatic carbocycles. The molecule has 1 aliphatic carbocycles. The number of carbonyl (C=O) groups is 1. The standard InChI is InChI=1S/C9H16O3/c1-7(9(10)11-2)12-8-5-3-4-6-8/h7-8H,3-6H2,1-2H3. The van der Waals surface area contributed by atoms with Gasteiger partial charge in [-0.2, -0.15) is 0 Å². The van der Waals surface area contributed by atoms with Crippen LogP contribution in [0.15, 0.2) is 0 Å². The molecule has 0 aliphatic heterocycles. The van der Waals surface area contributed by atoms with Gasteiger partial charge in [-0.15, -0.1) is 0 Å². The van der Waals surface area contributed by atoms with Crippen molar-refractivity contribution in [2.45, 2.75) is 44.8 Å². The minimum absolute atomic E-state index is 0.276. The van der Waals surface area contributed by atoms with Crippen LogP contribution in [0.25, 0.3) is 0 Å². The lowest BCUT2D eigenvalue weighted by atomic mass is 10.3. The fraction of sp³-hybridized carbons (Fsp3) is 0.889. The van der Waals surface area contributed by atoms with Crippen LogP contribution in [0.2, 0.25) is 0 Å². The van der Waals surface area contributed by atoms with Crippen molar-refractivity contribution in [3.63, 3.8) is 0 Å². The third-order valence-electron chi connectivity index (χ3n) is 2.23. The van der Waals surface area contributed by atoms with E-state index in [4.69, 9.17) is 4.74 Å². The Morgan fingerprint density at radius 2 is 2.00 bits per heavy atom. The van der Waals surface area contributed by atoms with E-state index in [1.165, 1.54) is 20.0 Å². The molecule has 1 atom stereocenters. The smallest absolute Gasteiger partial charge is 0.334 e. The fourth-order valence-corrected chi connectivity index (χ4v) is 1.53. The van der Waals surface area contributed by atoms with Crippen LogP contribution in [0.5, 0.6) is 0 Å². The molecule has 1 fully saturated rings. The first-order valence-corrected chi connectivity index (χ1v) is 4.47. The molecule has 0 aromatic heterocycles. The lowest BCUT2D eigenvalue weighted by Crippen LogP contribution is -2.26. The molecule has 0 amide bonds. The highest BCUT2D eigenvalue weighted by atomic mass is 16.6. The third-order valence-corrected chi connectivity index (χ3v) is 2.23. The molecule has 0 N–H and O–H groups in total. The van der Waals surface area contributed by atoms with E-state index in [9.17, 15) is 4.79 Å². The Hall–Kier alpha value is -0.570. The zero-order chi connectivity index (χ0) is 8.97. The first-order valence-electron chi connectivity index (χ1n) is 4.47.